The molecule has 0 saturated carbocycles. The van der Waals surface area contributed by atoms with Gasteiger partial charge in [-0.25, -0.2) is 4.39 Å². The summed E-state index contributed by atoms with van der Waals surface area (Å²) in [4.78, 5) is 36.2. The molecule has 1 aromatic carbocycles. The summed E-state index contributed by atoms with van der Waals surface area (Å²) in [6, 6.07) is 7.26. The molecule has 1 saturated heterocycles. The number of aromatic nitrogens is 2. The molecule has 8 nitrogen and oxygen atoms in total. The molecule has 1 fully saturated rings. The number of ether oxygens (including phenoxy) is 1. The van der Waals surface area contributed by atoms with Crippen LogP contribution in [0.4, 0.5) is 21.6 Å². The summed E-state index contributed by atoms with van der Waals surface area (Å²) in [5.74, 6) is -0.279. The number of hydrogen-bond donors (Lipinski definition) is 2. The second-order valence-corrected chi connectivity index (χ2v) is 8.18. The zero-order valence-corrected chi connectivity index (χ0v) is 18.9. The number of nitrogens with one attached hydrogen (secondary N) is 2. The van der Waals surface area contributed by atoms with E-state index in [0.29, 0.717) is 54.1 Å². The number of hydrogen-bond acceptors (Lipinski definition) is 6. The van der Waals surface area contributed by atoms with Crippen LogP contribution in [0.15, 0.2) is 47.5 Å². The van der Waals surface area contributed by atoms with E-state index >= 15 is 0 Å². The molecule has 3 heterocycles. The monoisotopic (exact) mass is 471 g/mol. The maximum atomic E-state index is 14.5. The molecular weight excluding hydrogens is 449 g/mol. The van der Waals surface area contributed by atoms with E-state index in [1.54, 1.807) is 42.2 Å². The number of carbonyl (C=O) groups excluding carboxylic acids is 1. The summed E-state index contributed by atoms with van der Waals surface area (Å²) in [6.45, 7) is 1.95. The van der Waals surface area contributed by atoms with E-state index < -0.39 is 11.4 Å². The Balaban J connectivity index is 1.78. The first-order valence-corrected chi connectivity index (χ1v) is 10.7. The topological polar surface area (TPSA) is 90.6 Å². The Morgan fingerprint density at radius 3 is 2.67 bits per heavy atom. The molecular formula is C23H23ClFN5O3. The first-order valence-electron chi connectivity index (χ1n) is 10.3. The van der Waals surface area contributed by atoms with Crippen LogP contribution in [-0.4, -0.2) is 61.2 Å². The first-order chi connectivity index (χ1) is 15.8. The van der Waals surface area contributed by atoms with E-state index in [9.17, 15) is 14.0 Å². The number of aromatic amines is 1. The zero-order chi connectivity index (χ0) is 23.5. The summed E-state index contributed by atoms with van der Waals surface area (Å²) in [6.07, 6.45) is 3.07. The van der Waals surface area contributed by atoms with Gasteiger partial charge in [-0.1, -0.05) is 11.6 Å². The van der Waals surface area contributed by atoms with Crippen molar-refractivity contribution in [1.29, 1.82) is 0 Å². The van der Waals surface area contributed by atoms with Gasteiger partial charge >= 0.3 is 0 Å². The van der Waals surface area contributed by atoms with Gasteiger partial charge in [0.1, 0.15) is 11.6 Å². The van der Waals surface area contributed by atoms with Gasteiger partial charge in [0.2, 0.25) is 0 Å². The number of rotatable bonds is 5. The summed E-state index contributed by atoms with van der Waals surface area (Å²) < 4.78 is 19.9. The predicted molar refractivity (Wildman–Crippen MR) is 126 cm³/mol. The van der Waals surface area contributed by atoms with Crippen molar-refractivity contribution in [2.24, 2.45) is 0 Å². The molecule has 1 amide bonds. The normalized spacial score (nSPS) is 13.6. The lowest BCUT2D eigenvalue weighted by molar-refractivity contribution is 0.0303. The Kier molecular flexibility index (Phi) is 6.62. The number of benzene rings is 1. The number of nitrogens with zero attached hydrogens (tertiary/aromatic N) is 3. The average molecular weight is 472 g/mol. The van der Waals surface area contributed by atoms with Gasteiger partial charge in [-0.05, 0) is 30.3 Å². The highest BCUT2D eigenvalue weighted by molar-refractivity contribution is 6.30. The molecule has 2 N–H and O–H groups in total. The molecule has 0 spiro atoms. The first kappa shape index (κ1) is 22.8. The minimum Gasteiger partial charge on any atom is -0.378 e. The van der Waals surface area contributed by atoms with Crippen LogP contribution in [0.1, 0.15) is 10.4 Å². The van der Waals surface area contributed by atoms with Crippen LogP contribution < -0.4 is 15.8 Å². The van der Waals surface area contributed by atoms with E-state index in [4.69, 9.17) is 16.3 Å². The minimum absolute atomic E-state index is 0.0800. The fourth-order valence-corrected chi connectivity index (χ4v) is 3.80. The lowest BCUT2D eigenvalue weighted by atomic mass is 10.1. The number of halogens is 2. The van der Waals surface area contributed by atoms with Crippen molar-refractivity contribution < 1.29 is 13.9 Å². The van der Waals surface area contributed by atoms with Gasteiger partial charge < -0.3 is 24.8 Å². The van der Waals surface area contributed by atoms with Crippen molar-refractivity contribution in [2.45, 2.75) is 0 Å². The van der Waals surface area contributed by atoms with Gasteiger partial charge in [0.05, 0.1) is 35.7 Å². The molecule has 0 radical (unpaired) electrons. The van der Waals surface area contributed by atoms with Crippen LogP contribution in [0.25, 0.3) is 11.1 Å². The smallest absolute Gasteiger partial charge is 0.257 e. The average Bonchev–Trinajstić information content (AvgIpc) is 2.82. The second kappa shape index (κ2) is 9.60. The lowest BCUT2D eigenvalue weighted by Gasteiger charge is -2.27. The van der Waals surface area contributed by atoms with Crippen molar-refractivity contribution in [1.82, 2.24) is 14.9 Å². The van der Waals surface area contributed by atoms with E-state index in [0.717, 1.165) is 0 Å². The number of carbonyl (C=O) groups is 1. The molecule has 0 bridgehead atoms. The molecule has 4 rings (SSSR count). The zero-order valence-electron chi connectivity index (χ0n) is 18.2. The van der Waals surface area contributed by atoms with Crippen molar-refractivity contribution >= 4 is 34.7 Å². The fourth-order valence-electron chi connectivity index (χ4n) is 3.63. The van der Waals surface area contributed by atoms with Crippen molar-refractivity contribution in [3.05, 3.63) is 69.5 Å². The maximum absolute atomic E-state index is 14.5. The van der Waals surface area contributed by atoms with Crippen molar-refractivity contribution in [3.63, 3.8) is 0 Å². The van der Waals surface area contributed by atoms with Crippen LogP contribution in [0.3, 0.4) is 0 Å². The lowest BCUT2D eigenvalue weighted by Crippen LogP contribution is -2.40. The molecule has 2 aromatic heterocycles. The molecule has 33 heavy (non-hydrogen) atoms. The Morgan fingerprint density at radius 1 is 1.18 bits per heavy atom. The van der Waals surface area contributed by atoms with Crippen LogP contribution >= 0.6 is 11.6 Å². The molecule has 1 aliphatic heterocycles. The molecule has 10 heteroatoms. The van der Waals surface area contributed by atoms with Crippen molar-refractivity contribution in [2.75, 3.05) is 50.6 Å². The SMILES string of the molecule is CN(C)c1[nH]c(=O)c(-c2cc(Cl)ccc2F)cc1Nc1ccncc1C(=O)N1CCOCC1. The summed E-state index contributed by atoms with van der Waals surface area (Å²) in [5, 5.41) is 3.54. The summed E-state index contributed by atoms with van der Waals surface area (Å²) in [7, 11) is 3.53. The Bertz CT molecular complexity index is 1240. The van der Waals surface area contributed by atoms with Crippen LogP contribution in [0.5, 0.6) is 0 Å². The van der Waals surface area contributed by atoms with Crippen LogP contribution in [-0.2, 0) is 4.74 Å². The maximum Gasteiger partial charge on any atom is 0.257 e. The Hall–Kier alpha value is -3.43. The van der Waals surface area contributed by atoms with Crippen LogP contribution in [0.2, 0.25) is 5.02 Å². The predicted octanol–water partition coefficient (Wildman–Crippen LogP) is 3.51. The number of pyridine rings is 2. The molecule has 0 unspecified atom stereocenters. The summed E-state index contributed by atoms with van der Waals surface area (Å²) >= 11 is 6.04. The van der Waals surface area contributed by atoms with E-state index in [1.165, 1.54) is 24.4 Å². The third kappa shape index (κ3) is 4.84. The number of anilines is 3. The third-order valence-electron chi connectivity index (χ3n) is 5.31. The summed E-state index contributed by atoms with van der Waals surface area (Å²) in [5.41, 5.74) is 1.09. The van der Waals surface area contributed by atoms with Crippen LogP contribution in [0, 0.1) is 5.82 Å². The quantitative estimate of drug-likeness (QED) is 0.592. The standard InChI is InChI=1S/C23H23ClFN5O3/c1-29(2)21-20(12-16(22(31)28-21)15-11-14(24)3-4-18(15)25)27-19-5-6-26-13-17(19)23(32)30-7-9-33-10-8-30/h3-6,11-13H,7-10H2,1-2H3,(H,26,27)(H,28,31). The Morgan fingerprint density at radius 2 is 1.94 bits per heavy atom. The van der Waals surface area contributed by atoms with Gasteiger partial charge in [-0.3, -0.25) is 14.6 Å². The Labute approximate surface area is 195 Å². The number of morpholine rings is 1. The fraction of sp³-hybridized carbons (Fsp3) is 0.261. The molecule has 3 aromatic rings. The highest BCUT2D eigenvalue weighted by Gasteiger charge is 2.22. The molecule has 1 aliphatic rings. The van der Waals surface area contributed by atoms with Crippen molar-refractivity contribution in [3.8, 4) is 11.1 Å². The second-order valence-electron chi connectivity index (χ2n) is 7.74. The number of amides is 1. The van der Waals surface area contributed by atoms with Gasteiger partial charge in [0.15, 0.2) is 0 Å². The minimum atomic E-state index is -0.569. The number of H-pyrrole nitrogens is 1. The molecule has 0 atom stereocenters. The molecule has 0 aliphatic carbocycles. The van der Waals surface area contributed by atoms with E-state index in [-0.39, 0.29) is 17.0 Å². The van der Waals surface area contributed by atoms with Gasteiger partial charge in [0.25, 0.3) is 11.5 Å². The highest BCUT2D eigenvalue weighted by Crippen LogP contribution is 2.32. The van der Waals surface area contributed by atoms with Gasteiger partial charge in [-0.15, -0.1) is 0 Å². The van der Waals surface area contributed by atoms with E-state index in [2.05, 4.69) is 15.3 Å². The van der Waals surface area contributed by atoms with Gasteiger partial charge in [0, 0.05) is 50.2 Å². The largest absolute Gasteiger partial charge is 0.378 e. The third-order valence-corrected chi connectivity index (χ3v) is 5.54. The van der Waals surface area contributed by atoms with Gasteiger partial charge in [-0.2, -0.15) is 0 Å². The molecule has 172 valence electrons. The van der Waals surface area contributed by atoms with E-state index in [1.807, 2.05) is 0 Å². The highest BCUT2D eigenvalue weighted by atomic mass is 35.5.